The summed E-state index contributed by atoms with van der Waals surface area (Å²) in [6.07, 6.45) is 0.927. The van der Waals surface area contributed by atoms with Crippen LogP contribution in [0.15, 0.2) is 42.5 Å². The van der Waals surface area contributed by atoms with Crippen LogP contribution in [0.4, 0.5) is 11.5 Å². The highest BCUT2D eigenvalue weighted by molar-refractivity contribution is 7.23. The molecule has 2 aromatic heterocycles. The van der Waals surface area contributed by atoms with Crippen molar-refractivity contribution < 1.29 is 4.74 Å². The van der Waals surface area contributed by atoms with Gasteiger partial charge in [-0.15, -0.1) is 0 Å². The van der Waals surface area contributed by atoms with Gasteiger partial charge in [0, 0.05) is 50.6 Å². The number of thiazole rings is 1. The molecule has 0 unspecified atom stereocenters. The van der Waals surface area contributed by atoms with Gasteiger partial charge in [-0.05, 0) is 36.8 Å². The lowest BCUT2D eigenvalue weighted by Crippen LogP contribution is -2.08. The second-order valence-corrected chi connectivity index (χ2v) is 8.30. The monoisotopic (exact) mass is 414 g/mol. The number of rotatable bonds is 7. The maximum atomic E-state index is 6.18. The van der Waals surface area contributed by atoms with Gasteiger partial charge in [-0.25, -0.2) is 4.98 Å². The van der Waals surface area contributed by atoms with Crippen LogP contribution in [-0.4, -0.2) is 43.7 Å². The number of benzene rings is 2. The van der Waals surface area contributed by atoms with E-state index in [0.29, 0.717) is 0 Å². The summed E-state index contributed by atoms with van der Waals surface area (Å²) >= 11 is 7.83. The van der Waals surface area contributed by atoms with Crippen molar-refractivity contribution in [2.75, 3.05) is 44.6 Å². The molecule has 2 aromatic carbocycles. The molecule has 0 amide bonds. The van der Waals surface area contributed by atoms with E-state index in [9.17, 15) is 0 Å². The zero-order valence-electron chi connectivity index (χ0n) is 16.2. The fourth-order valence-corrected chi connectivity index (χ4v) is 4.55. The average Bonchev–Trinajstić information content (AvgIpc) is 3.21. The van der Waals surface area contributed by atoms with Crippen LogP contribution >= 0.6 is 22.9 Å². The van der Waals surface area contributed by atoms with Crippen molar-refractivity contribution in [1.29, 1.82) is 0 Å². The van der Waals surface area contributed by atoms with E-state index in [2.05, 4.69) is 44.9 Å². The third-order valence-corrected chi connectivity index (χ3v) is 5.92. The zero-order chi connectivity index (χ0) is 19.7. The first-order valence-corrected chi connectivity index (χ1v) is 10.4. The lowest BCUT2D eigenvalue weighted by Gasteiger charge is -2.13. The molecule has 0 aliphatic heterocycles. The maximum Gasteiger partial charge on any atom is 0.197 e. The van der Waals surface area contributed by atoms with Crippen molar-refractivity contribution in [3.8, 4) is 11.3 Å². The summed E-state index contributed by atoms with van der Waals surface area (Å²) in [5.74, 6) is 1.01. The first-order valence-electron chi connectivity index (χ1n) is 9.19. The van der Waals surface area contributed by atoms with E-state index in [-0.39, 0.29) is 0 Å². The van der Waals surface area contributed by atoms with Gasteiger partial charge in [0.1, 0.15) is 11.5 Å². The highest BCUT2D eigenvalue weighted by Gasteiger charge is 2.18. The molecular formula is C21H23ClN4OS. The molecule has 1 N–H and O–H groups in total. The van der Waals surface area contributed by atoms with Gasteiger partial charge in [-0.1, -0.05) is 35.1 Å². The summed E-state index contributed by atoms with van der Waals surface area (Å²) in [5.41, 5.74) is 4.34. The Bertz CT molecular complexity index is 1100. The van der Waals surface area contributed by atoms with Gasteiger partial charge < -0.3 is 15.0 Å². The Morgan fingerprint density at radius 2 is 1.96 bits per heavy atom. The average molecular weight is 415 g/mol. The molecule has 4 rings (SSSR count). The summed E-state index contributed by atoms with van der Waals surface area (Å²) in [6, 6.07) is 14.5. The van der Waals surface area contributed by atoms with Crippen molar-refractivity contribution in [3.63, 3.8) is 0 Å². The summed E-state index contributed by atoms with van der Waals surface area (Å²) in [4.78, 5) is 8.00. The van der Waals surface area contributed by atoms with Gasteiger partial charge in [0.25, 0.3) is 0 Å². The van der Waals surface area contributed by atoms with Gasteiger partial charge in [0.05, 0.1) is 10.2 Å². The molecule has 0 radical (unpaired) electrons. The summed E-state index contributed by atoms with van der Waals surface area (Å²) in [7, 11) is 5.81. The Balaban J connectivity index is 1.82. The third-order valence-electron chi connectivity index (χ3n) is 4.69. The van der Waals surface area contributed by atoms with E-state index in [1.54, 1.807) is 18.4 Å². The molecule has 0 atom stereocenters. The number of methoxy groups -OCH3 is 1. The van der Waals surface area contributed by atoms with Crippen molar-refractivity contribution in [2.45, 2.75) is 6.42 Å². The molecule has 146 valence electrons. The third kappa shape index (κ3) is 3.55. The summed E-state index contributed by atoms with van der Waals surface area (Å²) < 4.78 is 8.51. The fourth-order valence-electron chi connectivity index (χ4n) is 3.25. The number of halogens is 1. The van der Waals surface area contributed by atoms with Crippen LogP contribution in [-0.2, 0) is 4.74 Å². The molecule has 0 aliphatic carbocycles. The molecule has 0 saturated carbocycles. The molecule has 7 heteroatoms. The van der Waals surface area contributed by atoms with Crippen LogP contribution < -0.4 is 10.2 Å². The van der Waals surface area contributed by atoms with Crippen molar-refractivity contribution in [2.24, 2.45) is 0 Å². The molecule has 0 bridgehead atoms. The van der Waals surface area contributed by atoms with Crippen LogP contribution in [0, 0.1) is 0 Å². The normalized spacial score (nSPS) is 11.4. The first-order chi connectivity index (χ1) is 13.6. The minimum atomic E-state index is 0.724. The molecular weight excluding hydrogens is 392 g/mol. The van der Waals surface area contributed by atoms with Gasteiger partial charge in [0.15, 0.2) is 4.96 Å². The lowest BCUT2D eigenvalue weighted by atomic mass is 10.1. The Morgan fingerprint density at radius 1 is 1.18 bits per heavy atom. The maximum absolute atomic E-state index is 6.18. The number of fused-ring (bicyclic) bond motifs is 3. The predicted molar refractivity (Wildman–Crippen MR) is 120 cm³/mol. The smallest absolute Gasteiger partial charge is 0.197 e. The number of ether oxygens (including phenoxy) is 1. The Morgan fingerprint density at radius 3 is 2.68 bits per heavy atom. The molecule has 0 aliphatic rings. The fraction of sp³-hybridized carbons (Fsp3) is 0.286. The predicted octanol–water partition coefficient (Wildman–Crippen LogP) is 5.38. The summed E-state index contributed by atoms with van der Waals surface area (Å²) in [5, 5.41) is 4.33. The quantitative estimate of drug-likeness (QED) is 0.412. The number of hydrogen-bond donors (Lipinski definition) is 1. The zero-order valence-corrected chi connectivity index (χ0v) is 17.8. The standard InChI is InChI=1S/C21H23ClN4OS/c1-25(2)16-8-5-14(6-9-16)19-20(23-11-4-12-27-3)26-17-10-7-15(22)13-18(17)28-21(26)24-19/h5-10,13,23H,4,11-12H2,1-3H3. The van der Waals surface area contributed by atoms with Crippen LogP contribution in [0.25, 0.3) is 26.4 Å². The van der Waals surface area contributed by atoms with Crippen LogP contribution in [0.3, 0.4) is 0 Å². The Hall–Kier alpha value is -2.28. The van der Waals surface area contributed by atoms with Crippen molar-refractivity contribution in [1.82, 2.24) is 9.38 Å². The van der Waals surface area contributed by atoms with Crippen LogP contribution in [0.5, 0.6) is 0 Å². The van der Waals surface area contributed by atoms with Gasteiger partial charge in [0.2, 0.25) is 0 Å². The highest BCUT2D eigenvalue weighted by Crippen LogP contribution is 2.37. The number of nitrogens with zero attached hydrogens (tertiary/aromatic N) is 3. The van der Waals surface area contributed by atoms with Gasteiger partial charge >= 0.3 is 0 Å². The number of hydrogen-bond acceptors (Lipinski definition) is 5. The van der Waals surface area contributed by atoms with Gasteiger partial charge in [-0.2, -0.15) is 0 Å². The number of nitrogens with one attached hydrogen (secondary N) is 1. The van der Waals surface area contributed by atoms with Crippen molar-refractivity contribution in [3.05, 3.63) is 47.5 Å². The summed E-state index contributed by atoms with van der Waals surface area (Å²) in [6.45, 7) is 1.54. The molecule has 2 heterocycles. The Kier molecular flexibility index (Phi) is 5.44. The molecule has 0 saturated heterocycles. The molecule has 28 heavy (non-hydrogen) atoms. The van der Waals surface area contributed by atoms with E-state index in [1.807, 2.05) is 26.2 Å². The largest absolute Gasteiger partial charge is 0.385 e. The van der Waals surface area contributed by atoms with Crippen LogP contribution in [0.2, 0.25) is 5.02 Å². The van der Waals surface area contributed by atoms with Gasteiger partial charge in [-0.3, -0.25) is 4.40 Å². The van der Waals surface area contributed by atoms with E-state index in [0.717, 1.165) is 56.8 Å². The molecule has 5 nitrogen and oxygen atoms in total. The van der Waals surface area contributed by atoms with E-state index >= 15 is 0 Å². The molecule has 0 fully saturated rings. The minimum absolute atomic E-state index is 0.724. The second kappa shape index (κ2) is 7.99. The molecule has 4 aromatic rings. The first kappa shape index (κ1) is 19.1. The van der Waals surface area contributed by atoms with Crippen molar-refractivity contribution >= 4 is 49.6 Å². The van der Waals surface area contributed by atoms with E-state index in [1.165, 1.54) is 5.69 Å². The number of imidazole rings is 1. The molecule has 0 spiro atoms. The Labute approximate surface area is 173 Å². The number of anilines is 2. The lowest BCUT2D eigenvalue weighted by molar-refractivity contribution is 0.198. The van der Waals surface area contributed by atoms with E-state index in [4.69, 9.17) is 21.3 Å². The number of aromatic nitrogens is 2. The minimum Gasteiger partial charge on any atom is -0.385 e. The topological polar surface area (TPSA) is 41.8 Å². The van der Waals surface area contributed by atoms with E-state index < -0.39 is 0 Å². The second-order valence-electron chi connectivity index (χ2n) is 6.86. The SMILES string of the molecule is COCCCNc1c(-c2ccc(N(C)C)cc2)nc2sc3cc(Cl)ccc3n12. The highest BCUT2D eigenvalue weighted by atomic mass is 35.5. The van der Waals surface area contributed by atoms with Crippen LogP contribution in [0.1, 0.15) is 6.42 Å².